The average Bonchev–Trinajstić information content (AvgIpc) is 2.72. The Bertz CT molecular complexity index is 223. The smallest absolute Gasteiger partial charge is 0.236 e. The molecule has 4 heteroatoms. The molecule has 3 nitrogen and oxygen atoms in total. The molecule has 1 fully saturated rings. The van der Waals surface area contributed by atoms with Gasteiger partial charge in [-0.25, -0.2) is 0 Å². The molecule has 0 heterocycles. The van der Waals surface area contributed by atoms with E-state index in [0.717, 1.165) is 13.0 Å². The van der Waals surface area contributed by atoms with Gasteiger partial charge in [0.15, 0.2) is 0 Å². The minimum atomic E-state index is -0.0655. The van der Waals surface area contributed by atoms with Gasteiger partial charge in [0.25, 0.3) is 0 Å². The van der Waals surface area contributed by atoms with Gasteiger partial charge in [-0.1, -0.05) is 13.3 Å². The van der Waals surface area contributed by atoms with Gasteiger partial charge in [0, 0.05) is 17.8 Å². The van der Waals surface area contributed by atoms with Crippen LogP contribution in [-0.4, -0.2) is 36.0 Å². The third-order valence-electron chi connectivity index (χ3n) is 3.16. The molecule has 94 valence electrons. The molecule has 1 aliphatic rings. The summed E-state index contributed by atoms with van der Waals surface area (Å²) in [4.78, 5) is 11.7. The van der Waals surface area contributed by atoms with Gasteiger partial charge in [0.1, 0.15) is 0 Å². The Morgan fingerprint density at radius 2 is 2.25 bits per heavy atom. The van der Waals surface area contributed by atoms with E-state index in [-0.39, 0.29) is 11.9 Å². The topological polar surface area (TPSA) is 41.1 Å². The van der Waals surface area contributed by atoms with Crippen LogP contribution in [0.2, 0.25) is 0 Å². The summed E-state index contributed by atoms with van der Waals surface area (Å²) < 4.78 is 0. The summed E-state index contributed by atoms with van der Waals surface area (Å²) in [6, 6.07) is 0.446. The first-order chi connectivity index (χ1) is 7.69. The van der Waals surface area contributed by atoms with Crippen molar-refractivity contribution >= 4 is 17.7 Å². The third kappa shape index (κ3) is 3.98. The summed E-state index contributed by atoms with van der Waals surface area (Å²) in [5.41, 5.74) is 0. The Hall–Kier alpha value is -0.220. The molecule has 1 saturated carbocycles. The molecule has 0 saturated heterocycles. The van der Waals surface area contributed by atoms with Crippen molar-refractivity contribution in [3.8, 4) is 0 Å². The van der Waals surface area contributed by atoms with Gasteiger partial charge in [-0.15, -0.1) is 0 Å². The summed E-state index contributed by atoms with van der Waals surface area (Å²) >= 11 is 1.92. The van der Waals surface area contributed by atoms with Crippen molar-refractivity contribution < 1.29 is 4.79 Å². The summed E-state index contributed by atoms with van der Waals surface area (Å²) in [6.45, 7) is 4.81. The summed E-state index contributed by atoms with van der Waals surface area (Å²) in [6.07, 6.45) is 6.92. The summed E-state index contributed by atoms with van der Waals surface area (Å²) in [5, 5.41) is 7.07. The first kappa shape index (κ1) is 13.8. The van der Waals surface area contributed by atoms with Crippen LogP contribution in [0.3, 0.4) is 0 Å². The van der Waals surface area contributed by atoms with Crippen LogP contribution in [0.1, 0.15) is 39.5 Å². The first-order valence-corrected chi connectivity index (χ1v) is 7.54. The molecule has 0 aliphatic heterocycles. The maximum atomic E-state index is 11.7. The third-order valence-corrected chi connectivity index (χ3v) is 4.33. The fraction of sp³-hybridized carbons (Fsp3) is 0.917. The molecule has 1 rings (SSSR count). The molecule has 1 aliphatic carbocycles. The molecule has 0 aromatic carbocycles. The predicted octanol–water partition coefficient (Wildman–Crippen LogP) is 1.77. The van der Waals surface area contributed by atoms with Crippen molar-refractivity contribution in [2.45, 2.75) is 56.9 Å². The van der Waals surface area contributed by atoms with Crippen LogP contribution in [0.4, 0.5) is 0 Å². The number of thioether (sulfide) groups is 1. The van der Waals surface area contributed by atoms with Crippen molar-refractivity contribution in [1.29, 1.82) is 0 Å². The maximum Gasteiger partial charge on any atom is 0.236 e. The number of hydrogen-bond donors (Lipinski definition) is 2. The standard InChI is InChI=1S/C12H24N2OS/c1-4-8-13-12(15)9(2)14-10-6-5-7-11(10)16-3/h9-11,14H,4-8H2,1-3H3,(H,13,15). The van der Waals surface area contributed by atoms with Crippen LogP contribution < -0.4 is 10.6 Å². The van der Waals surface area contributed by atoms with Gasteiger partial charge in [0.2, 0.25) is 5.91 Å². The maximum absolute atomic E-state index is 11.7. The molecular formula is C12H24N2OS. The lowest BCUT2D eigenvalue weighted by atomic mass is 10.2. The average molecular weight is 244 g/mol. The molecule has 3 atom stereocenters. The number of carbonyl (C=O) groups is 1. The van der Waals surface area contributed by atoms with E-state index in [1.54, 1.807) is 0 Å². The number of nitrogens with one attached hydrogen (secondary N) is 2. The number of rotatable bonds is 6. The van der Waals surface area contributed by atoms with E-state index < -0.39 is 0 Å². The predicted molar refractivity (Wildman–Crippen MR) is 70.8 cm³/mol. The normalized spacial score (nSPS) is 26.7. The van der Waals surface area contributed by atoms with Crippen LogP contribution in [0.25, 0.3) is 0 Å². The van der Waals surface area contributed by atoms with E-state index in [4.69, 9.17) is 0 Å². The Kier molecular flexibility index (Phi) is 6.21. The van der Waals surface area contributed by atoms with Crippen molar-refractivity contribution in [2.24, 2.45) is 0 Å². The quantitative estimate of drug-likeness (QED) is 0.748. The minimum Gasteiger partial charge on any atom is -0.355 e. The van der Waals surface area contributed by atoms with Crippen LogP contribution in [0.15, 0.2) is 0 Å². The lowest BCUT2D eigenvalue weighted by Crippen LogP contribution is -2.48. The second-order valence-electron chi connectivity index (χ2n) is 4.49. The van der Waals surface area contributed by atoms with Gasteiger partial charge in [0.05, 0.1) is 6.04 Å². The van der Waals surface area contributed by atoms with Crippen LogP contribution in [-0.2, 0) is 4.79 Å². The van der Waals surface area contributed by atoms with Gasteiger partial charge >= 0.3 is 0 Å². The Morgan fingerprint density at radius 3 is 2.88 bits per heavy atom. The van der Waals surface area contributed by atoms with Gasteiger partial charge < -0.3 is 10.6 Å². The van der Waals surface area contributed by atoms with E-state index in [1.165, 1.54) is 19.3 Å². The van der Waals surface area contributed by atoms with E-state index in [0.29, 0.717) is 11.3 Å². The molecule has 0 spiro atoms. The zero-order valence-corrected chi connectivity index (χ0v) is 11.4. The van der Waals surface area contributed by atoms with E-state index >= 15 is 0 Å². The van der Waals surface area contributed by atoms with Gasteiger partial charge in [-0.3, -0.25) is 4.79 Å². The monoisotopic (exact) mass is 244 g/mol. The molecule has 0 aromatic rings. The fourth-order valence-corrected chi connectivity index (χ4v) is 3.14. The molecular weight excluding hydrogens is 220 g/mol. The Balaban J connectivity index is 2.32. The van der Waals surface area contributed by atoms with Crippen molar-refractivity contribution in [3.63, 3.8) is 0 Å². The highest BCUT2D eigenvalue weighted by molar-refractivity contribution is 7.99. The van der Waals surface area contributed by atoms with Crippen molar-refractivity contribution in [1.82, 2.24) is 10.6 Å². The molecule has 3 unspecified atom stereocenters. The second kappa shape index (κ2) is 7.17. The molecule has 0 bridgehead atoms. The SMILES string of the molecule is CCCNC(=O)C(C)NC1CCCC1SC. The minimum absolute atomic E-state index is 0.0655. The van der Waals surface area contributed by atoms with Crippen LogP contribution >= 0.6 is 11.8 Å². The Morgan fingerprint density at radius 1 is 1.50 bits per heavy atom. The number of carbonyl (C=O) groups excluding carboxylic acids is 1. The van der Waals surface area contributed by atoms with E-state index in [1.807, 2.05) is 18.7 Å². The van der Waals surface area contributed by atoms with E-state index in [9.17, 15) is 4.79 Å². The second-order valence-corrected chi connectivity index (χ2v) is 5.57. The zero-order chi connectivity index (χ0) is 12.0. The molecule has 0 aromatic heterocycles. The molecule has 16 heavy (non-hydrogen) atoms. The highest BCUT2D eigenvalue weighted by atomic mass is 32.2. The summed E-state index contributed by atoms with van der Waals surface area (Å²) in [5.74, 6) is 0.133. The lowest BCUT2D eigenvalue weighted by molar-refractivity contribution is -0.122. The van der Waals surface area contributed by atoms with Crippen LogP contribution in [0.5, 0.6) is 0 Å². The summed E-state index contributed by atoms with van der Waals surface area (Å²) in [7, 11) is 0. The molecule has 0 radical (unpaired) electrons. The zero-order valence-electron chi connectivity index (χ0n) is 10.6. The van der Waals surface area contributed by atoms with Crippen molar-refractivity contribution in [3.05, 3.63) is 0 Å². The highest BCUT2D eigenvalue weighted by Crippen LogP contribution is 2.28. The largest absolute Gasteiger partial charge is 0.355 e. The van der Waals surface area contributed by atoms with Crippen LogP contribution in [0, 0.1) is 0 Å². The molecule has 2 N–H and O–H groups in total. The number of hydrogen-bond acceptors (Lipinski definition) is 3. The first-order valence-electron chi connectivity index (χ1n) is 6.25. The Labute approximate surface area is 103 Å². The fourth-order valence-electron chi connectivity index (χ4n) is 2.20. The van der Waals surface area contributed by atoms with Crippen molar-refractivity contribution in [2.75, 3.05) is 12.8 Å². The highest BCUT2D eigenvalue weighted by Gasteiger charge is 2.28. The van der Waals surface area contributed by atoms with Gasteiger partial charge in [-0.2, -0.15) is 11.8 Å². The lowest BCUT2D eigenvalue weighted by Gasteiger charge is -2.23. The van der Waals surface area contributed by atoms with E-state index in [2.05, 4.69) is 23.8 Å². The number of amides is 1. The molecule has 1 amide bonds. The van der Waals surface area contributed by atoms with Gasteiger partial charge in [-0.05, 0) is 32.4 Å².